The van der Waals surface area contributed by atoms with Crippen LogP contribution in [-0.4, -0.2) is 61.3 Å². The van der Waals surface area contributed by atoms with E-state index in [1.807, 2.05) is 6.92 Å². The molecule has 18 heavy (non-hydrogen) atoms. The van der Waals surface area contributed by atoms with Crippen molar-refractivity contribution in [1.82, 2.24) is 10.2 Å². The van der Waals surface area contributed by atoms with Crippen LogP contribution in [0.4, 0.5) is 0 Å². The number of nitrogens with one attached hydrogen (secondary N) is 1. The Bertz CT molecular complexity index is 288. The van der Waals surface area contributed by atoms with Crippen molar-refractivity contribution in [3.05, 3.63) is 0 Å². The zero-order valence-corrected chi connectivity index (χ0v) is 11.0. The predicted octanol–water partition coefficient (Wildman–Crippen LogP) is -0.0659. The summed E-state index contributed by atoms with van der Waals surface area (Å²) in [5.41, 5.74) is 0. The summed E-state index contributed by atoms with van der Waals surface area (Å²) in [5, 5.41) is 11.9. The van der Waals surface area contributed by atoms with Crippen molar-refractivity contribution in [1.29, 1.82) is 0 Å². The molecule has 1 aliphatic rings. The van der Waals surface area contributed by atoms with E-state index in [0.29, 0.717) is 32.5 Å². The van der Waals surface area contributed by atoms with Crippen LogP contribution in [0.2, 0.25) is 0 Å². The summed E-state index contributed by atoms with van der Waals surface area (Å²) in [4.78, 5) is 24.3. The van der Waals surface area contributed by atoms with Gasteiger partial charge < -0.3 is 20.1 Å². The van der Waals surface area contributed by atoms with Gasteiger partial charge in [-0.1, -0.05) is 0 Å². The Morgan fingerprint density at radius 2 is 2.06 bits per heavy atom. The van der Waals surface area contributed by atoms with E-state index in [1.54, 1.807) is 12.0 Å². The fourth-order valence-electron chi connectivity index (χ4n) is 1.95. The second-order valence-corrected chi connectivity index (χ2v) is 4.67. The Balaban J connectivity index is 2.22. The third-order valence-electron chi connectivity index (χ3n) is 3.31. The van der Waals surface area contributed by atoms with Gasteiger partial charge in [0.2, 0.25) is 5.91 Å². The molecule has 0 aromatic heterocycles. The van der Waals surface area contributed by atoms with Gasteiger partial charge in [0, 0.05) is 26.7 Å². The molecule has 1 heterocycles. The lowest BCUT2D eigenvalue weighted by Crippen LogP contribution is -2.44. The minimum Gasteiger partial charge on any atom is -0.481 e. The number of ether oxygens (including phenoxy) is 1. The number of amides is 1. The highest BCUT2D eigenvalue weighted by Crippen LogP contribution is 2.16. The van der Waals surface area contributed by atoms with Crippen molar-refractivity contribution in [2.45, 2.75) is 25.9 Å². The molecule has 2 N–H and O–H groups in total. The average molecular weight is 258 g/mol. The lowest BCUT2D eigenvalue weighted by molar-refractivity contribution is -0.145. The molecule has 0 spiro atoms. The first-order valence-electron chi connectivity index (χ1n) is 6.28. The van der Waals surface area contributed by atoms with E-state index in [9.17, 15) is 9.59 Å². The summed E-state index contributed by atoms with van der Waals surface area (Å²) in [6, 6.07) is 0. The third kappa shape index (κ3) is 4.62. The van der Waals surface area contributed by atoms with E-state index in [2.05, 4.69) is 5.32 Å². The maximum absolute atomic E-state index is 11.8. The van der Waals surface area contributed by atoms with Crippen LogP contribution in [0.25, 0.3) is 0 Å². The number of rotatable bonds is 6. The zero-order chi connectivity index (χ0) is 13.5. The molecule has 0 saturated carbocycles. The Morgan fingerprint density at radius 1 is 1.44 bits per heavy atom. The molecule has 0 radical (unpaired) electrons. The van der Waals surface area contributed by atoms with Crippen LogP contribution in [0, 0.1) is 5.92 Å². The number of carboxylic acids is 1. The fraction of sp³-hybridized carbons (Fsp3) is 0.833. The standard InChI is InChI=1S/C12H22N2O4/c1-9(18-2)7-13-8-11(15)14-5-3-10(4-6-14)12(16)17/h9-10,13H,3-8H2,1-2H3,(H,16,17). The zero-order valence-electron chi connectivity index (χ0n) is 11.0. The van der Waals surface area contributed by atoms with Crippen molar-refractivity contribution in [3.8, 4) is 0 Å². The SMILES string of the molecule is COC(C)CNCC(=O)N1CCC(C(=O)O)CC1. The van der Waals surface area contributed by atoms with E-state index >= 15 is 0 Å². The number of piperidine rings is 1. The minimum absolute atomic E-state index is 0.0298. The topological polar surface area (TPSA) is 78.9 Å². The lowest BCUT2D eigenvalue weighted by Gasteiger charge is -2.30. The molecule has 104 valence electrons. The molecule has 0 aromatic rings. The van der Waals surface area contributed by atoms with E-state index in [4.69, 9.17) is 9.84 Å². The van der Waals surface area contributed by atoms with Crippen molar-refractivity contribution in [2.24, 2.45) is 5.92 Å². The van der Waals surface area contributed by atoms with Gasteiger partial charge in [-0.2, -0.15) is 0 Å². The van der Waals surface area contributed by atoms with Gasteiger partial charge in [0.25, 0.3) is 0 Å². The van der Waals surface area contributed by atoms with Crippen molar-refractivity contribution in [2.75, 3.05) is 33.3 Å². The van der Waals surface area contributed by atoms with Gasteiger partial charge >= 0.3 is 5.97 Å². The van der Waals surface area contributed by atoms with E-state index in [0.717, 1.165) is 0 Å². The molecule has 6 heteroatoms. The number of carbonyl (C=O) groups is 2. The lowest BCUT2D eigenvalue weighted by atomic mass is 9.97. The molecule has 1 unspecified atom stereocenters. The predicted molar refractivity (Wildman–Crippen MR) is 66.3 cm³/mol. The highest BCUT2D eigenvalue weighted by Gasteiger charge is 2.26. The first kappa shape index (κ1) is 14.9. The quantitative estimate of drug-likeness (QED) is 0.697. The summed E-state index contributed by atoms with van der Waals surface area (Å²) in [5.74, 6) is -1.02. The van der Waals surface area contributed by atoms with Crippen LogP contribution < -0.4 is 5.32 Å². The summed E-state index contributed by atoms with van der Waals surface area (Å²) in [6.45, 7) is 3.92. The van der Waals surface area contributed by atoms with E-state index < -0.39 is 5.97 Å². The summed E-state index contributed by atoms with van der Waals surface area (Å²) in [7, 11) is 1.63. The van der Waals surface area contributed by atoms with Crippen molar-refractivity contribution < 1.29 is 19.4 Å². The second kappa shape index (κ2) is 7.33. The molecule has 1 rings (SSSR count). The maximum Gasteiger partial charge on any atom is 0.306 e. The van der Waals surface area contributed by atoms with Gasteiger partial charge in [-0.05, 0) is 19.8 Å². The molecule has 1 atom stereocenters. The molecule has 0 aromatic carbocycles. The van der Waals surface area contributed by atoms with Crippen molar-refractivity contribution >= 4 is 11.9 Å². The summed E-state index contributed by atoms with van der Waals surface area (Å²) in [6.07, 6.45) is 1.18. The highest BCUT2D eigenvalue weighted by atomic mass is 16.5. The van der Waals surface area contributed by atoms with Crippen molar-refractivity contribution in [3.63, 3.8) is 0 Å². The molecule has 1 aliphatic heterocycles. The Hall–Kier alpha value is -1.14. The Morgan fingerprint density at radius 3 is 2.56 bits per heavy atom. The maximum atomic E-state index is 11.8. The number of methoxy groups -OCH3 is 1. The summed E-state index contributed by atoms with van der Waals surface area (Å²) < 4.78 is 5.07. The normalized spacial score (nSPS) is 18.7. The van der Waals surface area contributed by atoms with Crippen LogP contribution in [0.15, 0.2) is 0 Å². The van der Waals surface area contributed by atoms with Gasteiger partial charge in [0.1, 0.15) is 0 Å². The number of carboxylic acid groups (broad SMARTS) is 1. The largest absolute Gasteiger partial charge is 0.481 e. The number of hydrogen-bond donors (Lipinski definition) is 2. The smallest absolute Gasteiger partial charge is 0.306 e. The first-order chi connectivity index (χ1) is 8.54. The molecule has 1 amide bonds. The molecular weight excluding hydrogens is 236 g/mol. The highest BCUT2D eigenvalue weighted by molar-refractivity contribution is 5.78. The van der Waals surface area contributed by atoms with Crippen LogP contribution in [0.1, 0.15) is 19.8 Å². The van der Waals surface area contributed by atoms with E-state index in [1.165, 1.54) is 0 Å². The molecule has 0 bridgehead atoms. The molecule has 1 fully saturated rings. The van der Waals surface area contributed by atoms with Gasteiger partial charge in [0.05, 0.1) is 18.6 Å². The first-order valence-corrected chi connectivity index (χ1v) is 6.28. The number of likely N-dealkylation sites (tertiary alicyclic amines) is 1. The summed E-state index contributed by atoms with van der Waals surface area (Å²) >= 11 is 0. The fourth-order valence-corrected chi connectivity index (χ4v) is 1.95. The van der Waals surface area contributed by atoms with Crippen LogP contribution in [0.3, 0.4) is 0 Å². The Kier molecular flexibility index (Phi) is 6.07. The van der Waals surface area contributed by atoms with Gasteiger partial charge in [-0.15, -0.1) is 0 Å². The minimum atomic E-state index is -0.755. The monoisotopic (exact) mass is 258 g/mol. The van der Waals surface area contributed by atoms with Crippen LogP contribution >= 0.6 is 0 Å². The van der Waals surface area contributed by atoms with Gasteiger partial charge in [-0.25, -0.2) is 0 Å². The molecular formula is C12H22N2O4. The molecule has 1 saturated heterocycles. The number of aliphatic carboxylic acids is 1. The number of carbonyl (C=O) groups excluding carboxylic acids is 1. The molecule has 0 aliphatic carbocycles. The second-order valence-electron chi connectivity index (χ2n) is 4.67. The third-order valence-corrected chi connectivity index (χ3v) is 3.31. The van der Waals surface area contributed by atoms with Gasteiger partial charge in [0.15, 0.2) is 0 Å². The van der Waals surface area contributed by atoms with Crippen LogP contribution in [-0.2, 0) is 14.3 Å². The number of nitrogens with zero attached hydrogens (tertiary/aromatic N) is 1. The van der Waals surface area contributed by atoms with E-state index in [-0.39, 0.29) is 24.5 Å². The average Bonchev–Trinajstić information content (AvgIpc) is 2.38. The number of hydrogen-bond acceptors (Lipinski definition) is 4. The van der Waals surface area contributed by atoms with Crippen LogP contribution in [0.5, 0.6) is 0 Å². The Labute approximate surface area is 107 Å². The molecule has 6 nitrogen and oxygen atoms in total. The van der Waals surface area contributed by atoms with Gasteiger partial charge in [-0.3, -0.25) is 9.59 Å².